The number of anilines is 1. The van der Waals surface area contributed by atoms with E-state index in [1.54, 1.807) is 18.1 Å². The van der Waals surface area contributed by atoms with E-state index in [-0.39, 0.29) is 11.8 Å². The molecule has 0 radical (unpaired) electrons. The number of hydrogen-bond acceptors (Lipinski definition) is 4. The lowest BCUT2D eigenvalue weighted by Gasteiger charge is -2.09. The van der Waals surface area contributed by atoms with Crippen molar-refractivity contribution in [2.45, 2.75) is 12.5 Å². The molecular weight excluding hydrogens is 242 g/mol. The molecule has 1 atom stereocenters. The molecule has 0 saturated carbocycles. The Labute approximate surface area is 110 Å². The summed E-state index contributed by atoms with van der Waals surface area (Å²) in [6.07, 6.45) is 1.62. The highest BCUT2D eigenvalue weighted by Gasteiger charge is 2.27. The highest BCUT2D eigenvalue weighted by molar-refractivity contribution is 5.88. The fourth-order valence-corrected chi connectivity index (χ4v) is 2.27. The van der Waals surface area contributed by atoms with Gasteiger partial charge in [0.25, 0.3) is 0 Å². The van der Waals surface area contributed by atoms with Gasteiger partial charge in [0, 0.05) is 19.3 Å². The molecule has 0 bridgehead atoms. The van der Waals surface area contributed by atoms with Crippen LogP contribution in [0.3, 0.4) is 0 Å². The Bertz CT molecular complexity index is 607. The van der Waals surface area contributed by atoms with Gasteiger partial charge in [-0.05, 0) is 11.6 Å². The molecule has 6 nitrogen and oxygen atoms in total. The van der Waals surface area contributed by atoms with Crippen LogP contribution in [-0.2, 0) is 18.4 Å². The van der Waals surface area contributed by atoms with Gasteiger partial charge in [0.2, 0.25) is 5.91 Å². The number of fused-ring (bicyclic) bond motifs is 1. The van der Waals surface area contributed by atoms with Crippen molar-refractivity contribution in [2.24, 2.45) is 7.05 Å². The van der Waals surface area contributed by atoms with Gasteiger partial charge in [-0.1, -0.05) is 18.2 Å². The molecule has 0 saturated heterocycles. The Morgan fingerprint density at radius 1 is 1.53 bits per heavy atom. The fourth-order valence-electron chi connectivity index (χ4n) is 2.27. The van der Waals surface area contributed by atoms with Crippen molar-refractivity contribution in [1.29, 1.82) is 0 Å². The third-order valence-corrected chi connectivity index (χ3v) is 3.22. The topological polar surface area (TPSA) is 71.8 Å². The predicted molar refractivity (Wildman–Crippen MR) is 70.5 cm³/mol. The SMILES string of the molecule is Cn1cnc(CNC(=O)C2CNc3ccccc32)n1. The summed E-state index contributed by atoms with van der Waals surface area (Å²) in [6, 6.07) is 7.89. The molecule has 6 heteroatoms. The lowest BCUT2D eigenvalue weighted by molar-refractivity contribution is -0.122. The Kier molecular flexibility index (Phi) is 2.91. The predicted octanol–water partition coefficient (Wildman–Crippen LogP) is 0.641. The van der Waals surface area contributed by atoms with Gasteiger partial charge in [0.05, 0.1) is 12.5 Å². The number of nitrogens with zero attached hydrogens (tertiary/aromatic N) is 3. The molecule has 1 unspecified atom stereocenters. The standard InChI is InChI=1S/C13H15N5O/c1-18-8-16-12(17-18)7-15-13(19)10-6-14-11-5-3-2-4-9(10)11/h2-5,8,10,14H,6-7H2,1H3,(H,15,19). The van der Waals surface area contributed by atoms with Crippen LogP contribution in [0, 0.1) is 0 Å². The van der Waals surface area contributed by atoms with Crippen LogP contribution in [0.5, 0.6) is 0 Å². The molecule has 2 N–H and O–H groups in total. The number of para-hydroxylation sites is 1. The van der Waals surface area contributed by atoms with E-state index in [2.05, 4.69) is 20.7 Å². The molecule has 98 valence electrons. The van der Waals surface area contributed by atoms with Crippen molar-refractivity contribution in [3.8, 4) is 0 Å². The van der Waals surface area contributed by atoms with Gasteiger partial charge < -0.3 is 10.6 Å². The summed E-state index contributed by atoms with van der Waals surface area (Å²) in [4.78, 5) is 16.3. The molecule has 1 aromatic carbocycles. The molecule has 0 fully saturated rings. The average molecular weight is 257 g/mol. The van der Waals surface area contributed by atoms with Gasteiger partial charge in [-0.3, -0.25) is 9.48 Å². The maximum Gasteiger partial charge on any atom is 0.229 e. The summed E-state index contributed by atoms with van der Waals surface area (Å²) in [5.41, 5.74) is 2.09. The van der Waals surface area contributed by atoms with E-state index in [4.69, 9.17) is 0 Å². The van der Waals surface area contributed by atoms with Crippen molar-refractivity contribution < 1.29 is 4.79 Å². The molecule has 1 amide bonds. The van der Waals surface area contributed by atoms with Crippen molar-refractivity contribution in [3.63, 3.8) is 0 Å². The number of aryl methyl sites for hydroxylation is 1. The first kappa shape index (κ1) is 11.7. The molecule has 1 aliphatic heterocycles. The van der Waals surface area contributed by atoms with Crippen LogP contribution >= 0.6 is 0 Å². The Hall–Kier alpha value is -2.37. The molecule has 0 aliphatic carbocycles. The van der Waals surface area contributed by atoms with Gasteiger partial charge in [0.1, 0.15) is 6.33 Å². The number of benzene rings is 1. The zero-order valence-electron chi connectivity index (χ0n) is 10.6. The van der Waals surface area contributed by atoms with E-state index in [0.29, 0.717) is 18.9 Å². The second-order valence-electron chi connectivity index (χ2n) is 4.57. The number of hydrogen-bond donors (Lipinski definition) is 2. The highest BCUT2D eigenvalue weighted by atomic mass is 16.1. The molecule has 2 heterocycles. The molecule has 1 aromatic heterocycles. The third kappa shape index (κ3) is 2.29. The second kappa shape index (κ2) is 4.72. The Morgan fingerprint density at radius 3 is 3.16 bits per heavy atom. The lowest BCUT2D eigenvalue weighted by Crippen LogP contribution is -2.30. The van der Waals surface area contributed by atoms with Gasteiger partial charge in [-0.25, -0.2) is 4.98 Å². The first-order valence-corrected chi connectivity index (χ1v) is 6.19. The Balaban J connectivity index is 1.66. The van der Waals surface area contributed by atoms with Crippen LogP contribution in [0.4, 0.5) is 5.69 Å². The monoisotopic (exact) mass is 257 g/mol. The number of rotatable bonds is 3. The second-order valence-corrected chi connectivity index (χ2v) is 4.57. The lowest BCUT2D eigenvalue weighted by atomic mass is 10.0. The summed E-state index contributed by atoms with van der Waals surface area (Å²) in [5.74, 6) is 0.486. The largest absolute Gasteiger partial charge is 0.384 e. The smallest absolute Gasteiger partial charge is 0.229 e. The van der Waals surface area contributed by atoms with E-state index in [0.717, 1.165) is 11.3 Å². The third-order valence-electron chi connectivity index (χ3n) is 3.22. The van der Waals surface area contributed by atoms with Crippen LogP contribution in [0.25, 0.3) is 0 Å². The molecular formula is C13H15N5O. The summed E-state index contributed by atoms with van der Waals surface area (Å²) in [7, 11) is 1.80. The normalized spacial score (nSPS) is 16.8. The van der Waals surface area contributed by atoms with Crippen LogP contribution in [0.15, 0.2) is 30.6 Å². The molecule has 3 rings (SSSR count). The molecule has 19 heavy (non-hydrogen) atoms. The Morgan fingerprint density at radius 2 is 2.37 bits per heavy atom. The van der Waals surface area contributed by atoms with Crippen molar-refractivity contribution in [2.75, 3.05) is 11.9 Å². The summed E-state index contributed by atoms with van der Waals surface area (Å²) < 4.78 is 1.62. The molecule has 1 aliphatic rings. The van der Waals surface area contributed by atoms with Crippen molar-refractivity contribution in [1.82, 2.24) is 20.1 Å². The number of carbonyl (C=O) groups is 1. The van der Waals surface area contributed by atoms with Gasteiger partial charge in [-0.15, -0.1) is 0 Å². The zero-order valence-corrected chi connectivity index (χ0v) is 10.6. The number of nitrogens with one attached hydrogen (secondary N) is 2. The van der Waals surface area contributed by atoms with Crippen molar-refractivity contribution >= 4 is 11.6 Å². The molecule has 2 aromatic rings. The minimum absolute atomic E-state index is 0.00454. The first-order chi connectivity index (χ1) is 9.24. The van der Waals surface area contributed by atoms with E-state index in [1.807, 2.05) is 24.3 Å². The minimum Gasteiger partial charge on any atom is -0.384 e. The van der Waals surface area contributed by atoms with Crippen LogP contribution < -0.4 is 10.6 Å². The van der Waals surface area contributed by atoms with Crippen LogP contribution in [-0.4, -0.2) is 27.2 Å². The average Bonchev–Trinajstić information content (AvgIpc) is 3.02. The summed E-state index contributed by atoms with van der Waals surface area (Å²) in [5, 5.41) is 10.2. The van der Waals surface area contributed by atoms with Gasteiger partial charge >= 0.3 is 0 Å². The quantitative estimate of drug-likeness (QED) is 0.846. The maximum absolute atomic E-state index is 12.2. The van der Waals surface area contributed by atoms with Gasteiger partial charge in [0.15, 0.2) is 5.82 Å². The summed E-state index contributed by atoms with van der Waals surface area (Å²) >= 11 is 0. The number of amides is 1. The minimum atomic E-state index is -0.139. The number of carbonyl (C=O) groups excluding carboxylic acids is 1. The van der Waals surface area contributed by atoms with E-state index in [1.165, 1.54) is 0 Å². The highest BCUT2D eigenvalue weighted by Crippen LogP contribution is 2.30. The van der Waals surface area contributed by atoms with E-state index in [9.17, 15) is 4.79 Å². The van der Waals surface area contributed by atoms with Crippen LogP contribution in [0.1, 0.15) is 17.3 Å². The fraction of sp³-hybridized carbons (Fsp3) is 0.308. The van der Waals surface area contributed by atoms with E-state index < -0.39 is 0 Å². The van der Waals surface area contributed by atoms with Crippen molar-refractivity contribution in [3.05, 3.63) is 42.0 Å². The summed E-state index contributed by atoms with van der Waals surface area (Å²) in [6.45, 7) is 0.999. The first-order valence-electron chi connectivity index (χ1n) is 6.19. The van der Waals surface area contributed by atoms with E-state index >= 15 is 0 Å². The van der Waals surface area contributed by atoms with Gasteiger partial charge in [-0.2, -0.15) is 5.10 Å². The zero-order chi connectivity index (χ0) is 13.2. The number of aromatic nitrogens is 3. The maximum atomic E-state index is 12.2. The molecule has 0 spiro atoms. The van der Waals surface area contributed by atoms with Crippen LogP contribution in [0.2, 0.25) is 0 Å².